The molecule has 0 spiro atoms. The predicted octanol–water partition coefficient (Wildman–Crippen LogP) is 1.83. The van der Waals surface area contributed by atoms with Crippen LogP contribution >= 0.6 is 11.8 Å². The summed E-state index contributed by atoms with van der Waals surface area (Å²) in [6.45, 7) is 2.36. The zero-order chi connectivity index (χ0) is 18.9. The predicted molar refractivity (Wildman–Crippen MR) is 96.2 cm³/mol. The van der Waals surface area contributed by atoms with Crippen molar-refractivity contribution in [1.29, 1.82) is 0 Å². The van der Waals surface area contributed by atoms with Gasteiger partial charge in [-0.25, -0.2) is 19.2 Å². The Hall–Kier alpha value is -2.68. The Balaban J connectivity index is 1.77. The highest BCUT2D eigenvalue weighted by molar-refractivity contribution is 7.99. The van der Waals surface area contributed by atoms with Crippen molar-refractivity contribution in [3.8, 4) is 0 Å². The lowest BCUT2D eigenvalue weighted by Crippen LogP contribution is -2.27. The topological polar surface area (TPSA) is 107 Å². The molecule has 1 heterocycles. The second-order valence-corrected chi connectivity index (χ2v) is 6.13. The molecule has 0 aliphatic carbocycles. The molecule has 2 aromatic rings. The molecule has 1 aromatic carbocycles. The molecular weight excluding hydrogens is 359 g/mol. The smallest absolute Gasteiger partial charge is 0.343 e. The number of hydrogen-bond acceptors (Lipinski definition) is 7. The number of aromatic nitrogens is 2. The molecule has 0 unspecified atom stereocenters. The van der Waals surface area contributed by atoms with Crippen molar-refractivity contribution in [2.45, 2.75) is 18.5 Å². The Labute approximate surface area is 154 Å². The second-order valence-electron chi connectivity index (χ2n) is 5.19. The van der Waals surface area contributed by atoms with E-state index in [4.69, 9.17) is 10.5 Å². The number of esters is 1. The first-order valence-corrected chi connectivity index (χ1v) is 8.91. The van der Waals surface area contributed by atoms with E-state index in [1.807, 2.05) is 0 Å². The van der Waals surface area contributed by atoms with E-state index in [1.54, 1.807) is 19.1 Å². The highest BCUT2D eigenvalue weighted by Crippen LogP contribution is 2.16. The van der Waals surface area contributed by atoms with Crippen LogP contribution in [-0.4, -0.2) is 40.7 Å². The van der Waals surface area contributed by atoms with Gasteiger partial charge < -0.3 is 15.8 Å². The molecule has 3 N–H and O–H groups in total. The van der Waals surface area contributed by atoms with Gasteiger partial charge in [0, 0.05) is 12.7 Å². The number of thioether (sulfide) groups is 1. The molecule has 0 saturated carbocycles. The fourth-order valence-corrected chi connectivity index (χ4v) is 2.64. The van der Waals surface area contributed by atoms with Crippen molar-refractivity contribution in [2.24, 2.45) is 0 Å². The summed E-state index contributed by atoms with van der Waals surface area (Å²) in [5.41, 5.74) is 6.75. The van der Waals surface area contributed by atoms with E-state index in [1.165, 1.54) is 18.3 Å². The van der Waals surface area contributed by atoms with Gasteiger partial charge in [-0.05, 0) is 31.0 Å². The van der Waals surface area contributed by atoms with Gasteiger partial charge in [-0.3, -0.25) is 4.79 Å². The third kappa shape index (κ3) is 5.99. The van der Waals surface area contributed by atoms with Gasteiger partial charge in [0.25, 0.3) is 0 Å². The van der Waals surface area contributed by atoms with Crippen LogP contribution in [0.25, 0.3) is 0 Å². The van der Waals surface area contributed by atoms with Crippen molar-refractivity contribution in [2.75, 3.05) is 24.6 Å². The SMILES string of the molecule is CCOC(=O)c1cnc(SCC(=O)NCCc2ccc(F)cc2)nc1N. The number of rotatable bonds is 8. The maximum Gasteiger partial charge on any atom is 0.343 e. The van der Waals surface area contributed by atoms with Gasteiger partial charge >= 0.3 is 5.97 Å². The number of halogens is 1. The van der Waals surface area contributed by atoms with E-state index in [0.717, 1.165) is 17.3 Å². The summed E-state index contributed by atoms with van der Waals surface area (Å²) >= 11 is 1.11. The Bertz CT molecular complexity index is 771. The number of carbonyl (C=O) groups excluding carboxylic acids is 2. The maximum atomic E-state index is 12.8. The fraction of sp³-hybridized carbons (Fsp3) is 0.294. The lowest BCUT2D eigenvalue weighted by molar-refractivity contribution is -0.118. The molecule has 0 atom stereocenters. The molecule has 0 radical (unpaired) electrons. The van der Waals surface area contributed by atoms with Gasteiger partial charge in [-0.15, -0.1) is 0 Å². The highest BCUT2D eigenvalue weighted by atomic mass is 32.2. The Morgan fingerprint density at radius 1 is 1.31 bits per heavy atom. The molecule has 0 saturated heterocycles. The van der Waals surface area contributed by atoms with Gasteiger partial charge in [-0.2, -0.15) is 0 Å². The van der Waals surface area contributed by atoms with E-state index in [9.17, 15) is 14.0 Å². The number of ether oxygens (including phenoxy) is 1. The number of nitrogen functional groups attached to an aromatic ring is 1. The molecule has 9 heteroatoms. The Kier molecular flexibility index (Phi) is 7.34. The molecule has 1 aromatic heterocycles. The lowest BCUT2D eigenvalue weighted by atomic mass is 10.1. The number of benzene rings is 1. The van der Waals surface area contributed by atoms with E-state index in [2.05, 4.69) is 15.3 Å². The average molecular weight is 378 g/mol. The van der Waals surface area contributed by atoms with E-state index >= 15 is 0 Å². The summed E-state index contributed by atoms with van der Waals surface area (Å²) in [7, 11) is 0. The minimum atomic E-state index is -0.583. The molecular formula is C17H19FN4O3S. The molecule has 1 amide bonds. The van der Waals surface area contributed by atoms with Crippen LogP contribution in [0.1, 0.15) is 22.8 Å². The number of nitrogens with zero attached hydrogens (tertiary/aromatic N) is 2. The summed E-state index contributed by atoms with van der Waals surface area (Å²) < 4.78 is 17.7. The van der Waals surface area contributed by atoms with Gasteiger partial charge in [0.15, 0.2) is 5.16 Å². The maximum absolute atomic E-state index is 12.8. The first-order valence-electron chi connectivity index (χ1n) is 7.93. The largest absolute Gasteiger partial charge is 0.462 e. The van der Waals surface area contributed by atoms with Gasteiger partial charge in [0.1, 0.15) is 17.2 Å². The second kappa shape index (κ2) is 9.71. The van der Waals surface area contributed by atoms with Crippen LogP contribution < -0.4 is 11.1 Å². The number of hydrogen-bond donors (Lipinski definition) is 2. The fourth-order valence-electron chi connectivity index (χ4n) is 1.99. The highest BCUT2D eigenvalue weighted by Gasteiger charge is 2.14. The minimum Gasteiger partial charge on any atom is -0.462 e. The molecule has 26 heavy (non-hydrogen) atoms. The van der Waals surface area contributed by atoms with Crippen LogP contribution in [-0.2, 0) is 16.0 Å². The third-order valence-corrected chi connectivity index (χ3v) is 4.13. The van der Waals surface area contributed by atoms with Crippen LogP contribution in [0.15, 0.2) is 35.6 Å². The van der Waals surface area contributed by atoms with Crippen LogP contribution in [0.3, 0.4) is 0 Å². The Morgan fingerprint density at radius 3 is 2.69 bits per heavy atom. The molecule has 0 aliphatic heterocycles. The molecule has 0 bridgehead atoms. The number of carbonyl (C=O) groups is 2. The standard InChI is InChI=1S/C17H19FN4O3S/c1-2-25-16(24)13-9-21-17(22-15(13)19)26-10-14(23)20-8-7-11-3-5-12(18)6-4-11/h3-6,9H,2,7-8,10H2,1H3,(H,20,23)(H2,19,21,22). The number of nitrogens with one attached hydrogen (secondary N) is 1. The van der Waals surface area contributed by atoms with Crippen molar-refractivity contribution < 1.29 is 18.7 Å². The normalized spacial score (nSPS) is 10.4. The first-order chi connectivity index (χ1) is 12.5. The number of nitrogens with two attached hydrogens (primary N) is 1. The quantitative estimate of drug-likeness (QED) is 0.410. The van der Waals surface area contributed by atoms with E-state index in [-0.39, 0.29) is 35.5 Å². The first kappa shape index (κ1) is 19.6. The van der Waals surface area contributed by atoms with Crippen molar-refractivity contribution in [3.63, 3.8) is 0 Å². The van der Waals surface area contributed by atoms with Gasteiger partial charge in [-0.1, -0.05) is 23.9 Å². The summed E-state index contributed by atoms with van der Waals surface area (Å²) in [4.78, 5) is 31.5. The minimum absolute atomic E-state index is 0.0117. The van der Waals surface area contributed by atoms with Gasteiger partial charge in [0.05, 0.1) is 12.4 Å². The van der Waals surface area contributed by atoms with Crippen molar-refractivity contribution in [3.05, 3.63) is 47.4 Å². The van der Waals surface area contributed by atoms with Crippen molar-refractivity contribution in [1.82, 2.24) is 15.3 Å². The van der Waals surface area contributed by atoms with Crippen LogP contribution in [0.4, 0.5) is 10.2 Å². The van der Waals surface area contributed by atoms with Gasteiger partial charge in [0.2, 0.25) is 5.91 Å². The van der Waals surface area contributed by atoms with Crippen LogP contribution in [0.2, 0.25) is 0 Å². The summed E-state index contributed by atoms with van der Waals surface area (Å²) in [6.07, 6.45) is 1.89. The van der Waals surface area contributed by atoms with Crippen LogP contribution in [0.5, 0.6) is 0 Å². The summed E-state index contributed by atoms with van der Waals surface area (Å²) in [6, 6.07) is 6.12. The zero-order valence-corrected chi connectivity index (χ0v) is 15.0. The molecule has 2 rings (SSSR count). The number of amides is 1. The van der Waals surface area contributed by atoms with E-state index in [0.29, 0.717) is 18.1 Å². The Morgan fingerprint density at radius 2 is 2.04 bits per heavy atom. The van der Waals surface area contributed by atoms with E-state index < -0.39 is 5.97 Å². The van der Waals surface area contributed by atoms with Crippen LogP contribution in [0, 0.1) is 5.82 Å². The monoisotopic (exact) mass is 378 g/mol. The molecule has 0 aliphatic rings. The summed E-state index contributed by atoms with van der Waals surface area (Å²) in [5, 5.41) is 3.06. The molecule has 138 valence electrons. The number of anilines is 1. The third-order valence-electron chi connectivity index (χ3n) is 3.27. The summed E-state index contributed by atoms with van der Waals surface area (Å²) in [5.74, 6) is -0.935. The average Bonchev–Trinajstić information content (AvgIpc) is 2.62. The van der Waals surface area contributed by atoms with Crippen molar-refractivity contribution >= 4 is 29.5 Å². The molecule has 7 nitrogen and oxygen atoms in total. The zero-order valence-electron chi connectivity index (χ0n) is 14.2. The molecule has 0 fully saturated rings. The lowest BCUT2D eigenvalue weighted by Gasteiger charge is -2.07.